The molecule has 1 unspecified atom stereocenters. The molecule has 0 bridgehead atoms. The Morgan fingerprint density at radius 2 is 1.59 bits per heavy atom. The zero-order valence-electron chi connectivity index (χ0n) is 12.0. The molecule has 0 radical (unpaired) electrons. The number of anilines is 1. The van der Waals surface area contributed by atoms with Gasteiger partial charge in [-0.1, -0.05) is 30.3 Å². The molecule has 2 aromatic rings. The van der Waals surface area contributed by atoms with Crippen molar-refractivity contribution in [2.75, 3.05) is 19.0 Å². The Hall–Kier alpha value is -2.08. The van der Waals surface area contributed by atoms with E-state index in [1.807, 2.05) is 0 Å². The van der Waals surface area contributed by atoms with Gasteiger partial charge in [0.25, 0.3) is 0 Å². The lowest BCUT2D eigenvalue weighted by atomic mass is 9.85. The van der Waals surface area contributed by atoms with E-state index in [-0.39, 0.29) is 0 Å². The van der Waals surface area contributed by atoms with E-state index < -0.39 is 28.7 Å². The highest BCUT2D eigenvalue weighted by molar-refractivity contribution is 5.51. The van der Waals surface area contributed by atoms with Crippen LogP contribution in [0.3, 0.4) is 0 Å². The Kier molecular flexibility index (Phi) is 4.15. The van der Waals surface area contributed by atoms with Crippen molar-refractivity contribution in [3.05, 3.63) is 65.5 Å². The zero-order chi connectivity index (χ0) is 16.5. The molecule has 0 aromatic heterocycles. The lowest BCUT2D eigenvalue weighted by Gasteiger charge is -2.32. The maximum atomic E-state index is 13.9. The second-order valence-electron chi connectivity index (χ2n) is 5.13. The van der Waals surface area contributed by atoms with Gasteiger partial charge in [-0.2, -0.15) is 13.2 Å². The van der Waals surface area contributed by atoms with Gasteiger partial charge in [0.15, 0.2) is 0 Å². The Morgan fingerprint density at radius 3 is 2.14 bits per heavy atom. The number of hydrogen-bond acceptors (Lipinski definition) is 2. The predicted octanol–water partition coefficient (Wildman–Crippen LogP) is 3.69. The molecule has 0 amide bonds. The molecule has 2 rings (SSSR count). The predicted molar refractivity (Wildman–Crippen MR) is 76.2 cm³/mol. The maximum Gasteiger partial charge on any atom is 0.425 e. The average molecular weight is 313 g/mol. The zero-order valence-corrected chi connectivity index (χ0v) is 12.0. The minimum atomic E-state index is -5.07. The second-order valence-corrected chi connectivity index (χ2v) is 5.13. The van der Waals surface area contributed by atoms with Gasteiger partial charge in [0, 0.05) is 25.3 Å². The van der Waals surface area contributed by atoms with Crippen molar-refractivity contribution in [3.63, 3.8) is 0 Å². The van der Waals surface area contributed by atoms with Crippen molar-refractivity contribution in [1.82, 2.24) is 0 Å². The van der Waals surface area contributed by atoms with E-state index >= 15 is 0 Å². The van der Waals surface area contributed by atoms with Gasteiger partial charge in [0.2, 0.25) is 5.60 Å². The van der Waals surface area contributed by atoms with Crippen LogP contribution < -0.4 is 4.90 Å². The fourth-order valence-corrected chi connectivity index (χ4v) is 2.24. The van der Waals surface area contributed by atoms with Crippen molar-refractivity contribution >= 4 is 5.69 Å². The molecule has 6 heteroatoms. The van der Waals surface area contributed by atoms with Crippen LogP contribution >= 0.6 is 0 Å². The van der Waals surface area contributed by atoms with Gasteiger partial charge in [-0.15, -0.1) is 0 Å². The minimum Gasteiger partial charge on any atom is -0.378 e. The lowest BCUT2D eigenvalue weighted by molar-refractivity contribution is -0.249. The first-order valence-corrected chi connectivity index (χ1v) is 6.50. The maximum absolute atomic E-state index is 13.9. The van der Waals surface area contributed by atoms with Crippen molar-refractivity contribution in [2.45, 2.75) is 11.8 Å². The summed E-state index contributed by atoms with van der Waals surface area (Å²) in [5.41, 5.74) is -4.20. The molecule has 0 saturated carbocycles. The summed E-state index contributed by atoms with van der Waals surface area (Å²) < 4.78 is 54.6. The number of nitrogens with zero attached hydrogens (tertiary/aromatic N) is 1. The smallest absolute Gasteiger partial charge is 0.378 e. The highest BCUT2D eigenvalue weighted by atomic mass is 19.4. The molecule has 0 aliphatic heterocycles. The summed E-state index contributed by atoms with van der Waals surface area (Å²) in [6.07, 6.45) is -5.07. The molecule has 2 nitrogen and oxygen atoms in total. The monoisotopic (exact) mass is 313 g/mol. The molecule has 0 saturated heterocycles. The number of hydrogen-bond donors (Lipinski definition) is 1. The van der Waals surface area contributed by atoms with E-state index in [1.165, 1.54) is 24.3 Å². The Bertz CT molecular complexity index is 669. The van der Waals surface area contributed by atoms with Gasteiger partial charge in [-0.25, -0.2) is 4.39 Å². The van der Waals surface area contributed by atoms with Crippen LogP contribution in [-0.2, 0) is 5.60 Å². The number of aliphatic hydroxyl groups is 1. The van der Waals surface area contributed by atoms with Gasteiger partial charge >= 0.3 is 6.18 Å². The molecule has 0 aliphatic rings. The number of rotatable bonds is 3. The van der Waals surface area contributed by atoms with Crippen LogP contribution in [0.1, 0.15) is 11.1 Å². The molecule has 22 heavy (non-hydrogen) atoms. The quantitative estimate of drug-likeness (QED) is 0.874. The van der Waals surface area contributed by atoms with E-state index in [1.54, 1.807) is 25.1 Å². The first-order valence-electron chi connectivity index (χ1n) is 6.50. The van der Waals surface area contributed by atoms with Crippen LogP contribution in [0.2, 0.25) is 0 Å². The lowest BCUT2D eigenvalue weighted by Crippen LogP contribution is -2.44. The van der Waals surface area contributed by atoms with Crippen LogP contribution in [0.25, 0.3) is 0 Å². The molecule has 2 aromatic carbocycles. The van der Waals surface area contributed by atoms with Gasteiger partial charge < -0.3 is 10.0 Å². The molecule has 1 atom stereocenters. The molecule has 118 valence electrons. The third kappa shape index (κ3) is 2.66. The number of benzene rings is 2. The third-order valence-corrected chi connectivity index (χ3v) is 3.45. The Morgan fingerprint density at radius 1 is 0.955 bits per heavy atom. The highest BCUT2D eigenvalue weighted by Gasteiger charge is 2.57. The summed E-state index contributed by atoms with van der Waals surface area (Å²) in [5.74, 6) is -1.11. The number of halogens is 4. The van der Waals surface area contributed by atoms with Gasteiger partial charge in [0.1, 0.15) is 5.82 Å². The summed E-state index contributed by atoms with van der Waals surface area (Å²) in [7, 11) is 3.32. The van der Waals surface area contributed by atoms with Crippen molar-refractivity contribution < 1.29 is 22.7 Å². The fraction of sp³-hybridized carbons (Fsp3) is 0.250. The average Bonchev–Trinajstić information content (AvgIpc) is 2.46. The standard InChI is InChI=1S/C16H15F4NO/c1-21(2)12-7-5-6-11(10-12)15(22,16(18,19)20)13-8-3-4-9-14(13)17/h3-10,22H,1-2H3. The summed E-state index contributed by atoms with van der Waals surface area (Å²) in [6.45, 7) is 0. The summed E-state index contributed by atoms with van der Waals surface area (Å²) in [4.78, 5) is 1.60. The first kappa shape index (κ1) is 16.3. The van der Waals surface area contributed by atoms with E-state index in [0.717, 1.165) is 18.2 Å². The molecule has 0 aliphatic carbocycles. The molecular formula is C16H15F4NO. The van der Waals surface area contributed by atoms with Gasteiger partial charge in [-0.05, 0) is 23.8 Å². The summed E-state index contributed by atoms with van der Waals surface area (Å²) >= 11 is 0. The van der Waals surface area contributed by atoms with E-state index in [2.05, 4.69) is 0 Å². The summed E-state index contributed by atoms with van der Waals surface area (Å²) in [6, 6.07) is 9.67. The van der Waals surface area contributed by atoms with Crippen LogP contribution in [0.15, 0.2) is 48.5 Å². The van der Waals surface area contributed by atoms with Crippen LogP contribution in [0, 0.1) is 5.82 Å². The first-order chi connectivity index (χ1) is 10.2. The summed E-state index contributed by atoms with van der Waals surface area (Å²) in [5, 5.41) is 10.4. The Labute approximate surface area is 125 Å². The molecular weight excluding hydrogens is 298 g/mol. The van der Waals surface area contributed by atoms with Crippen LogP contribution in [0.4, 0.5) is 23.2 Å². The highest BCUT2D eigenvalue weighted by Crippen LogP contribution is 2.45. The van der Waals surface area contributed by atoms with Crippen molar-refractivity contribution in [2.24, 2.45) is 0 Å². The molecule has 1 N–H and O–H groups in total. The van der Waals surface area contributed by atoms with Crippen LogP contribution in [-0.4, -0.2) is 25.4 Å². The normalized spacial score (nSPS) is 14.5. The van der Waals surface area contributed by atoms with Crippen molar-refractivity contribution in [1.29, 1.82) is 0 Å². The third-order valence-electron chi connectivity index (χ3n) is 3.45. The van der Waals surface area contributed by atoms with E-state index in [0.29, 0.717) is 5.69 Å². The molecule has 0 heterocycles. The van der Waals surface area contributed by atoms with Gasteiger partial charge in [-0.3, -0.25) is 0 Å². The largest absolute Gasteiger partial charge is 0.425 e. The van der Waals surface area contributed by atoms with E-state index in [4.69, 9.17) is 0 Å². The topological polar surface area (TPSA) is 23.5 Å². The van der Waals surface area contributed by atoms with Gasteiger partial charge in [0.05, 0.1) is 0 Å². The second kappa shape index (κ2) is 5.61. The SMILES string of the molecule is CN(C)c1cccc(C(O)(c2ccccc2F)C(F)(F)F)c1. The molecule has 0 spiro atoms. The fourth-order valence-electron chi connectivity index (χ4n) is 2.24. The van der Waals surface area contributed by atoms with E-state index in [9.17, 15) is 22.7 Å². The van der Waals surface area contributed by atoms with Crippen LogP contribution in [0.5, 0.6) is 0 Å². The van der Waals surface area contributed by atoms with Crippen molar-refractivity contribution in [3.8, 4) is 0 Å². The Balaban J connectivity index is 2.72. The number of alkyl halides is 3. The minimum absolute atomic E-state index is 0.434. The molecule has 0 fully saturated rings.